The van der Waals surface area contributed by atoms with Crippen LogP contribution in [0.2, 0.25) is 0 Å². The summed E-state index contributed by atoms with van der Waals surface area (Å²) in [7, 11) is 1.68. The van der Waals surface area contributed by atoms with Gasteiger partial charge in [-0.1, -0.05) is 68.3 Å². The second kappa shape index (κ2) is 8.33. The molecule has 0 spiro atoms. The van der Waals surface area contributed by atoms with Gasteiger partial charge in [-0.2, -0.15) is 5.10 Å². The van der Waals surface area contributed by atoms with Crippen LogP contribution in [-0.2, 0) is 6.54 Å². The third-order valence-corrected chi connectivity index (χ3v) is 5.50. The molecule has 140 valence electrons. The summed E-state index contributed by atoms with van der Waals surface area (Å²) in [6, 6.07) is 26.8. The van der Waals surface area contributed by atoms with Gasteiger partial charge in [0, 0.05) is 20.1 Å². The molecular weight excluding hydrogens is 480 g/mol. The molecule has 0 aliphatic rings. The van der Waals surface area contributed by atoms with Gasteiger partial charge in [-0.25, -0.2) is 0 Å². The molecule has 0 aliphatic heterocycles. The lowest BCUT2D eigenvalue weighted by Crippen LogP contribution is -2.04. The van der Waals surface area contributed by atoms with E-state index in [0.29, 0.717) is 6.54 Å². The monoisotopic (exact) mass is 496 g/mol. The Balaban J connectivity index is 1.78. The normalized spacial score (nSPS) is 10.8. The lowest BCUT2D eigenvalue weighted by molar-refractivity contribution is 0.414. The molecule has 0 saturated carbocycles. The van der Waals surface area contributed by atoms with Gasteiger partial charge in [0.1, 0.15) is 5.75 Å². The maximum atomic E-state index is 5.27. The number of hydrogen-bond donors (Lipinski definition) is 0. The molecule has 28 heavy (non-hydrogen) atoms. The van der Waals surface area contributed by atoms with Crippen molar-refractivity contribution >= 4 is 31.9 Å². The molecule has 1 heterocycles. The Labute approximate surface area is 181 Å². The predicted octanol–water partition coefficient (Wildman–Crippen LogP) is 6.80. The first kappa shape index (κ1) is 19.0. The fraction of sp³-hybridized carbons (Fsp3) is 0.0870. The van der Waals surface area contributed by atoms with E-state index in [1.807, 2.05) is 36.4 Å². The molecule has 4 rings (SSSR count). The van der Waals surface area contributed by atoms with E-state index in [4.69, 9.17) is 9.84 Å². The third-order valence-electron chi connectivity index (χ3n) is 4.51. The molecule has 1 aromatic heterocycles. The first-order valence-electron chi connectivity index (χ1n) is 8.85. The highest BCUT2D eigenvalue weighted by molar-refractivity contribution is 9.10. The molecule has 0 unspecified atom stereocenters. The Hall–Kier alpha value is -2.37. The van der Waals surface area contributed by atoms with Gasteiger partial charge in [-0.3, -0.25) is 4.68 Å². The van der Waals surface area contributed by atoms with Crippen molar-refractivity contribution in [1.82, 2.24) is 9.78 Å². The van der Waals surface area contributed by atoms with E-state index in [-0.39, 0.29) is 0 Å². The Bertz CT molecular complexity index is 1100. The first-order chi connectivity index (χ1) is 13.6. The average Bonchev–Trinajstić information content (AvgIpc) is 3.12. The molecule has 3 aromatic carbocycles. The van der Waals surface area contributed by atoms with Gasteiger partial charge in [-0.15, -0.1) is 0 Å². The zero-order valence-corrected chi connectivity index (χ0v) is 18.4. The van der Waals surface area contributed by atoms with Gasteiger partial charge in [0.05, 0.1) is 25.0 Å². The zero-order valence-electron chi connectivity index (χ0n) is 15.3. The molecule has 0 aliphatic carbocycles. The first-order valence-corrected chi connectivity index (χ1v) is 10.4. The van der Waals surface area contributed by atoms with Gasteiger partial charge in [0.25, 0.3) is 0 Å². The van der Waals surface area contributed by atoms with E-state index < -0.39 is 0 Å². The van der Waals surface area contributed by atoms with Gasteiger partial charge < -0.3 is 4.74 Å². The summed E-state index contributed by atoms with van der Waals surface area (Å²) in [4.78, 5) is 0. The fourth-order valence-corrected chi connectivity index (χ4v) is 3.91. The average molecular weight is 498 g/mol. The quantitative estimate of drug-likeness (QED) is 0.303. The van der Waals surface area contributed by atoms with E-state index in [0.717, 1.165) is 37.2 Å². The highest BCUT2D eigenvalue weighted by Gasteiger charge is 2.13. The van der Waals surface area contributed by atoms with Crippen molar-refractivity contribution in [2.24, 2.45) is 0 Å². The summed E-state index contributed by atoms with van der Waals surface area (Å²) in [5.74, 6) is 0.853. The number of hydrogen-bond acceptors (Lipinski definition) is 2. The number of benzene rings is 3. The number of methoxy groups -OCH3 is 1. The lowest BCUT2D eigenvalue weighted by Gasteiger charge is -2.09. The van der Waals surface area contributed by atoms with Gasteiger partial charge in [0.15, 0.2) is 0 Å². The van der Waals surface area contributed by atoms with Crippen molar-refractivity contribution in [1.29, 1.82) is 0 Å². The molecule has 0 N–H and O–H groups in total. The fourth-order valence-electron chi connectivity index (χ4n) is 3.11. The zero-order chi connectivity index (χ0) is 19.5. The van der Waals surface area contributed by atoms with Crippen molar-refractivity contribution in [3.63, 3.8) is 0 Å². The van der Waals surface area contributed by atoms with Gasteiger partial charge in [-0.05, 0) is 48.0 Å². The van der Waals surface area contributed by atoms with Crippen LogP contribution in [0, 0.1) is 0 Å². The second-order valence-electron chi connectivity index (χ2n) is 6.44. The molecule has 0 atom stereocenters. The molecule has 5 heteroatoms. The summed E-state index contributed by atoms with van der Waals surface area (Å²) >= 11 is 7.13. The molecule has 0 saturated heterocycles. The summed E-state index contributed by atoms with van der Waals surface area (Å²) in [6.45, 7) is 0.680. The van der Waals surface area contributed by atoms with Gasteiger partial charge >= 0.3 is 0 Å². The van der Waals surface area contributed by atoms with E-state index >= 15 is 0 Å². The Kier molecular flexibility index (Phi) is 5.64. The molecule has 4 aromatic rings. The SMILES string of the molecule is COc1ccc(Cn2nc(-c3cccc(Br)c3)cc2-c2cccc(Br)c2)cc1. The van der Waals surface area contributed by atoms with Crippen molar-refractivity contribution in [2.45, 2.75) is 6.54 Å². The van der Waals surface area contributed by atoms with Crippen LogP contribution in [0.15, 0.2) is 87.8 Å². The minimum atomic E-state index is 0.680. The number of nitrogens with zero attached hydrogens (tertiary/aromatic N) is 2. The van der Waals surface area contributed by atoms with Crippen LogP contribution in [0.4, 0.5) is 0 Å². The molecular formula is C23H18Br2N2O. The van der Waals surface area contributed by atoms with Crippen LogP contribution in [0.25, 0.3) is 22.5 Å². The highest BCUT2D eigenvalue weighted by atomic mass is 79.9. The molecule has 0 bridgehead atoms. The van der Waals surface area contributed by atoms with Crippen molar-refractivity contribution in [3.8, 4) is 28.3 Å². The number of aromatic nitrogens is 2. The van der Waals surface area contributed by atoms with E-state index in [1.54, 1.807) is 7.11 Å². The smallest absolute Gasteiger partial charge is 0.118 e. The topological polar surface area (TPSA) is 27.1 Å². The summed E-state index contributed by atoms with van der Waals surface area (Å²) < 4.78 is 9.41. The minimum Gasteiger partial charge on any atom is -0.497 e. The lowest BCUT2D eigenvalue weighted by atomic mass is 10.1. The second-order valence-corrected chi connectivity index (χ2v) is 8.27. The van der Waals surface area contributed by atoms with Crippen LogP contribution in [0.5, 0.6) is 5.75 Å². The van der Waals surface area contributed by atoms with E-state index in [9.17, 15) is 0 Å². The maximum Gasteiger partial charge on any atom is 0.118 e. The Morgan fingerprint density at radius 1 is 0.821 bits per heavy atom. The van der Waals surface area contributed by atoms with Crippen LogP contribution < -0.4 is 4.74 Å². The molecule has 3 nitrogen and oxygen atoms in total. The summed E-state index contributed by atoms with van der Waals surface area (Å²) in [5, 5.41) is 4.91. The van der Waals surface area contributed by atoms with Crippen LogP contribution in [0.1, 0.15) is 5.56 Å². The summed E-state index contributed by atoms with van der Waals surface area (Å²) in [5.41, 5.74) is 5.40. The van der Waals surface area contributed by atoms with Gasteiger partial charge in [0.2, 0.25) is 0 Å². The summed E-state index contributed by atoms with van der Waals surface area (Å²) in [6.07, 6.45) is 0. The van der Waals surface area contributed by atoms with E-state index in [2.05, 4.69) is 79.0 Å². The van der Waals surface area contributed by atoms with Crippen molar-refractivity contribution in [2.75, 3.05) is 7.11 Å². The van der Waals surface area contributed by atoms with Crippen molar-refractivity contribution < 1.29 is 4.74 Å². The van der Waals surface area contributed by atoms with Crippen LogP contribution >= 0.6 is 31.9 Å². The van der Waals surface area contributed by atoms with Crippen LogP contribution in [0.3, 0.4) is 0 Å². The third kappa shape index (κ3) is 4.21. The number of ether oxygens (including phenoxy) is 1. The van der Waals surface area contributed by atoms with Crippen molar-refractivity contribution in [3.05, 3.63) is 93.4 Å². The largest absolute Gasteiger partial charge is 0.497 e. The standard InChI is InChI=1S/C23H18Br2N2O/c1-28-21-10-8-16(9-11-21)15-27-23(18-5-3-7-20(25)13-18)14-22(26-27)17-4-2-6-19(24)12-17/h2-14H,15H2,1H3. The van der Waals surface area contributed by atoms with E-state index in [1.165, 1.54) is 5.56 Å². The minimum absolute atomic E-state index is 0.680. The Morgan fingerprint density at radius 3 is 2.11 bits per heavy atom. The number of rotatable bonds is 5. The molecule has 0 amide bonds. The maximum absolute atomic E-state index is 5.27. The molecule has 0 fully saturated rings. The highest BCUT2D eigenvalue weighted by Crippen LogP contribution is 2.30. The predicted molar refractivity (Wildman–Crippen MR) is 121 cm³/mol. The molecule has 0 radical (unpaired) electrons. The Morgan fingerprint density at radius 2 is 1.46 bits per heavy atom. The number of halogens is 2. The van der Waals surface area contributed by atoms with Crippen LogP contribution in [-0.4, -0.2) is 16.9 Å².